The molecule has 0 radical (unpaired) electrons. The number of nitrogens with zero attached hydrogens (tertiary/aromatic N) is 2. The Balaban J connectivity index is 2.42. The van der Waals surface area contributed by atoms with Gasteiger partial charge < -0.3 is 5.32 Å². The molecule has 1 aromatic heterocycles. The van der Waals surface area contributed by atoms with Crippen molar-refractivity contribution in [3.8, 4) is 11.4 Å². The zero-order valence-corrected chi connectivity index (χ0v) is 13.3. The first-order chi connectivity index (χ1) is 9.82. The third-order valence-electron chi connectivity index (χ3n) is 3.37. The highest BCUT2D eigenvalue weighted by Crippen LogP contribution is 2.26. The van der Waals surface area contributed by atoms with E-state index in [-0.39, 0.29) is 17.1 Å². The number of halogens is 1. The van der Waals surface area contributed by atoms with Crippen molar-refractivity contribution in [2.75, 3.05) is 11.9 Å². The molecule has 1 aromatic carbocycles. The topological polar surface area (TPSA) is 37.8 Å². The van der Waals surface area contributed by atoms with Gasteiger partial charge in [0, 0.05) is 12.1 Å². The van der Waals surface area contributed by atoms with E-state index in [0.717, 1.165) is 5.56 Å². The van der Waals surface area contributed by atoms with Crippen LogP contribution in [0.2, 0.25) is 0 Å². The minimum atomic E-state index is -0.382. The quantitative estimate of drug-likeness (QED) is 0.913. The molecule has 2 rings (SSSR count). The zero-order valence-electron chi connectivity index (χ0n) is 13.3. The minimum absolute atomic E-state index is 0.104. The summed E-state index contributed by atoms with van der Waals surface area (Å²) in [5.74, 6) is 0.428. The average molecular weight is 287 g/mol. The van der Waals surface area contributed by atoms with E-state index in [4.69, 9.17) is 0 Å². The Morgan fingerprint density at radius 2 is 1.71 bits per heavy atom. The second kappa shape index (κ2) is 5.80. The predicted octanol–water partition coefficient (Wildman–Crippen LogP) is 4.32. The summed E-state index contributed by atoms with van der Waals surface area (Å²) in [5.41, 5.74) is 2.60. The molecular weight excluding hydrogens is 265 g/mol. The molecule has 2 aromatic rings. The van der Waals surface area contributed by atoms with Gasteiger partial charge in [0.15, 0.2) is 17.5 Å². The smallest absolute Gasteiger partial charge is 0.186 e. The van der Waals surface area contributed by atoms with E-state index in [1.54, 1.807) is 6.92 Å². The van der Waals surface area contributed by atoms with Gasteiger partial charge in [-0.1, -0.05) is 45.0 Å². The molecule has 3 nitrogen and oxygen atoms in total. The van der Waals surface area contributed by atoms with Gasteiger partial charge in [0.05, 0.1) is 5.69 Å². The van der Waals surface area contributed by atoms with Crippen LogP contribution < -0.4 is 5.32 Å². The van der Waals surface area contributed by atoms with Gasteiger partial charge in [-0.3, -0.25) is 0 Å². The van der Waals surface area contributed by atoms with Crippen LogP contribution in [0.15, 0.2) is 24.3 Å². The van der Waals surface area contributed by atoms with Gasteiger partial charge in [-0.15, -0.1) is 0 Å². The lowest BCUT2D eigenvalue weighted by molar-refractivity contribution is 0.590. The molecule has 0 atom stereocenters. The molecular formula is C17H22FN3. The largest absolute Gasteiger partial charge is 0.368 e. The van der Waals surface area contributed by atoms with Gasteiger partial charge in [-0.2, -0.15) is 0 Å². The van der Waals surface area contributed by atoms with Crippen LogP contribution in [0.25, 0.3) is 11.4 Å². The number of aryl methyl sites for hydroxylation is 1. The summed E-state index contributed by atoms with van der Waals surface area (Å²) in [6.45, 7) is 10.7. The lowest BCUT2D eigenvalue weighted by Crippen LogP contribution is -2.10. The van der Waals surface area contributed by atoms with Crippen LogP contribution in [0, 0.1) is 12.7 Å². The van der Waals surface area contributed by atoms with Crippen LogP contribution >= 0.6 is 0 Å². The van der Waals surface area contributed by atoms with Crippen LogP contribution in [-0.4, -0.2) is 16.5 Å². The maximum atomic E-state index is 13.9. The van der Waals surface area contributed by atoms with Crippen molar-refractivity contribution in [1.29, 1.82) is 0 Å². The van der Waals surface area contributed by atoms with Crippen molar-refractivity contribution in [3.05, 3.63) is 41.3 Å². The third kappa shape index (κ3) is 3.38. The van der Waals surface area contributed by atoms with Crippen molar-refractivity contribution in [2.45, 2.75) is 40.0 Å². The summed E-state index contributed by atoms with van der Waals surface area (Å²) in [4.78, 5) is 8.54. The number of anilines is 1. The molecule has 1 N–H and O–H groups in total. The van der Waals surface area contributed by atoms with Crippen LogP contribution in [0.5, 0.6) is 0 Å². The first kappa shape index (κ1) is 15.4. The maximum absolute atomic E-state index is 13.9. The molecule has 0 fully saturated rings. The summed E-state index contributed by atoms with van der Waals surface area (Å²) in [6, 6.07) is 8.13. The normalized spacial score (nSPS) is 11.5. The summed E-state index contributed by atoms with van der Waals surface area (Å²) in [6.07, 6.45) is 0. The number of rotatable bonds is 3. The van der Waals surface area contributed by atoms with Gasteiger partial charge in [-0.05, 0) is 24.8 Å². The molecule has 0 saturated carbocycles. The van der Waals surface area contributed by atoms with E-state index >= 15 is 0 Å². The number of hydrogen-bond acceptors (Lipinski definition) is 3. The van der Waals surface area contributed by atoms with Crippen LogP contribution in [0.1, 0.15) is 39.0 Å². The van der Waals surface area contributed by atoms with Gasteiger partial charge in [0.25, 0.3) is 0 Å². The Morgan fingerprint density at radius 1 is 1.10 bits per heavy atom. The lowest BCUT2D eigenvalue weighted by atomic mass is 9.87. The number of benzene rings is 1. The molecule has 0 aliphatic rings. The molecule has 4 heteroatoms. The van der Waals surface area contributed by atoms with E-state index in [1.807, 2.05) is 19.1 Å². The Labute approximate surface area is 125 Å². The van der Waals surface area contributed by atoms with E-state index < -0.39 is 0 Å². The molecule has 21 heavy (non-hydrogen) atoms. The predicted molar refractivity (Wildman–Crippen MR) is 85.0 cm³/mol. The highest BCUT2D eigenvalue weighted by molar-refractivity contribution is 5.58. The van der Waals surface area contributed by atoms with Crippen molar-refractivity contribution in [1.82, 2.24) is 9.97 Å². The first-order valence-electron chi connectivity index (χ1n) is 7.22. The molecule has 0 unspecified atom stereocenters. The molecule has 0 bridgehead atoms. The minimum Gasteiger partial charge on any atom is -0.368 e. The SMILES string of the molecule is CCNc1nc(-c2ccc(C(C)(C)C)cc2)nc(C)c1F. The third-order valence-corrected chi connectivity index (χ3v) is 3.37. The molecule has 0 aliphatic heterocycles. The first-order valence-corrected chi connectivity index (χ1v) is 7.22. The highest BCUT2D eigenvalue weighted by atomic mass is 19.1. The van der Waals surface area contributed by atoms with Crippen molar-refractivity contribution >= 4 is 5.82 Å². The van der Waals surface area contributed by atoms with Crippen molar-refractivity contribution < 1.29 is 4.39 Å². The molecule has 112 valence electrons. The Hall–Kier alpha value is -1.97. The summed E-state index contributed by atoms with van der Waals surface area (Å²) in [5, 5.41) is 2.94. The molecule has 0 saturated heterocycles. The molecule has 0 aliphatic carbocycles. The summed E-state index contributed by atoms with van der Waals surface area (Å²) >= 11 is 0. The van der Waals surface area contributed by atoms with Crippen molar-refractivity contribution in [2.24, 2.45) is 0 Å². The molecule has 0 spiro atoms. The number of hydrogen-bond donors (Lipinski definition) is 1. The van der Waals surface area contributed by atoms with Crippen LogP contribution in [0.3, 0.4) is 0 Å². The van der Waals surface area contributed by atoms with Crippen molar-refractivity contribution in [3.63, 3.8) is 0 Å². The van der Waals surface area contributed by atoms with E-state index in [9.17, 15) is 4.39 Å². The van der Waals surface area contributed by atoms with Gasteiger partial charge in [0.1, 0.15) is 0 Å². The Kier molecular flexibility index (Phi) is 4.26. The van der Waals surface area contributed by atoms with Gasteiger partial charge >= 0.3 is 0 Å². The van der Waals surface area contributed by atoms with Gasteiger partial charge in [0.2, 0.25) is 0 Å². The lowest BCUT2D eigenvalue weighted by Gasteiger charge is -2.19. The second-order valence-corrected chi connectivity index (χ2v) is 6.15. The monoisotopic (exact) mass is 287 g/mol. The zero-order chi connectivity index (χ0) is 15.6. The Bertz CT molecular complexity index is 628. The summed E-state index contributed by atoms with van der Waals surface area (Å²) < 4.78 is 13.9. The molecule has 1 heterocycles. The standard InChI is InChI=1S/C17H22FN3/c1-6-19-16-14(18)11(2)20-15(21-16)12-7-9-13(10-8-12)17(3,4)5/h7-10H,6H2,1-5H3,(H,19,20,21). The summed E-state index contributed by atoms with van der Waals surface area (Å²) in [7, 11) is 0. The Morgan fingerprint density at radius 3 is 2.24 bits per heavy atom. The number of nitrogens with one attached hydrogen (secondary N) is 1. The fourth-order valence-corrected chi connectivity index (χ4v) is 2.09. The fraction of sp³-hybridized carbons (Fsp3) is 0.412. The van der Waals surface area contributed by atoms with E-state index in [2.05, 4.69) is 48.2 Å². The average Bonchev–Trinajstić information content (AvgIpc) is 2.43. The molecule has 0 amide bonds. The van der Waals surface area contributed by atoms with Crippen LogP contribution in [0.4, 0.5) is 10.2 Å². The highest BCUT2D eigenvalue weighted by Gasteiger charge is 2.15. The van der Waals surface area contributed by atoms with E-state index in [0.29, 0.717) is 18.1 Å². The van der Waals surface area contributed by atoms with Crippen LogP contribution in [-0.2, 0) is 5.41 Å². The van der Waals surface area contributed by atoms with E-state index in [1.165, 1.54) is 5.56 Å². The second-order valence-electron chi connectivity index (χ2n) is 6.15. The maximum Gasteiger partial charge on any atom is 0.186 e. The number of aromatic nitrogens is 2. The fourth-order valence-electron chi connectivity index (χ4n) is 2.09. The van der Waals surface area contributed by atoms with Gasteiger partial charge in [-0.25, -0.2) is 14.4 Å².